The molecule has 4 heteroatoms. The zero-order valence-corrected chi connectivity index (χ0v) is 11.0. The molecule has 2 rings (SSSR count). The summed E-state index contributed by atoms with van der Waals surface area (Å²) in [5.41, 5.74) is 1.40. The Kier molecular flexibility index (Phi) is 3.96. The average molecular weight is 305 g/mol. The van der Waals surface area contributed by atoms with Gasteiger partial charge in [-0.05, 0) is 45.8 Å². The summed E-state index contributed by atoms with van der Waals surface area (Å²) in [6.45, 7) is 0. The minimum absolute atomic E-state index is 0.346. The fourth-order valence-corrected chi connectivity index (χ4v) is 2.01. The number of rotatable bonds is 3. The van der Waals surface area contributed by atoms with E-state index in [2.05, 4.69) is 27.3 Å². The smallest absolute Gasteiger partial charge is 0.140 e. The third-order valence-corrected chi connectivity index (χ3v) is 3.18. The van der Waals surface area contributed by atoms with E-state index in [1.807, 2.05) is 24.3 Å². The fourth-order valence-electron chi connectivity index (χ4n) is 1.61. The van der Waals surface area contributed by atoms with Crippen LogP contribution in [-0.4, -0.2) is 0 Å². The molecule has 2 nitrogen and oxygen atoms in total. The monoisotopic (exact) mass is 304 g/mol. The summed E-state index contributed by atoms with van der Waals surface area (Å²) in [6.07, 6.45) is 0. The average Bonchev–Trinajstić information content (AvgIpc) is 2.38. The summed E-state index contributed by atoms with van der Waals surface area (Å²) in [5, 5.41) is 12.2. The van der Waals surface area contributed by atoms with Crippen LogP contribution in [0.5, 0.6) is 0 Å². The minimum Gasteiger partial charge on any atom is -0.365 e. The van der Waals surface area contributed by atoms with Crippen LogP contribution < -0.4 is 5.32 Å². The molecule has 1 N–H and O–H groups in total. The number of para-hydroxylation sites is 1. The van der Waals surface area contributed by atoms with Crippen LogP contribution in [0.3, 0.4) is 0 Å². The topological polar surface area (TPSA) is 35.8 Å². The first-order valence-electron chi connectivity index (χ1n) is 5.37. The highest BCUT2D eigenvalue weighted by Gasteiger charge is 2.12. The summed E-state index contributed by atoms with van der Waals surface area (Å²) in [6, 6.07) is 15.1. The van der Waals surface area contributed by atoms with Crippen molar-refractivity contribution in [2.45, 2.75) is 6.04 Å². The van der Waals surface area contributed by atoms with Crippen molar-refractivity contribution in [3.05, 3.63) is 64.4 Å². The Bertz CT molecular complexity index is 592. The maximum absolute atomic E-state index is 13.1. The SMILES string of the molecule is N#CC(Nc1ccccc1Br)c1cccc(F)c1. The largest absolute Gasteiger partial charge is 0.365 e. The Morgan fingerprint density at radius 1 is 1.17 bits per heavy atom. The lowest BCUT2D eigenvalue weighted by atomic mass is 10.1. The fraction of sp³-hybridized carbons (Fsp3) is 0.0714. The number of nitrogens with one attached hydrogen (secondary N) is 1. The molecule has 0 saturated heterocycles. The molecule has 0 fully saturated rings. The molecule has 1 atom stereocenters. The highest BCUT2D eigenvalue weighted by molar-refractivity contribution is 9.10. The third-order valence-electron chi connectivity index (χ3n) is 2.48. The van der Waals surface area contributed by atoms with Gasteiger partial charge in [0.25, 0.3) is 0 Å². The normalized spacial score (nSPS) is 11.6. The van der Waals surface area contributed by atoms with Gasteiger partial charge in [0.15, 0.2) is 0 Å². The molecule has 0 aromatic heterocycles. The Balaban J connectivity index is 2.26. The highest BCUT2D eigenvalue weighted by Crippen LogP contribution is 2.26. The molecule has 0 aliphatic heterocycles. The lowest BCUT2D eigenvalue weighted by molar-refractivity contribution is 0.625. The van der Waals surface area contributed by atoms with E-state index in [1.165, 1.54) is 12.1 Å². The quantitative estimate of drug-likeness (QED) is 0.919. The van der Waals surface area contributed by atoms with Gasteiger partial charge in [-0.3, -0.25) is 0 Å². The molecule has 0 radical (unpaired) electrons. The van der Waals surface area contributed by atoms with E-state index in [-0.39, 0.29) is 5.82 Å². The van der Waals surface area contributed by atoms with Crippen molar-refractivity contribution >= 4 is 21.6 Å². The van der Waals surface area contributed by atoms with Gasteiger partial charge in [0.2, 0.25) is 0 Å². The number of nitrogens with zero attached hydrogens (tertiary/aromatic N) is 1. The molecule has 0 aliphatic carbocycles. The van der Waals surface area contributed by atoms with E-state index in [0.29, 0.717) is 5.56 Å². The minimum atomic E-state index is -0.584. The van der Waals surface area contributed by atoms with Gasteiger partial charge in [-0.2, -0.15) is 5.26 Å². The van der Waals surface area contributed by atoms with E-state index in [4.69, 9.17) is 0 Å². The zero-order valence-electron chi connectivity index (χ0n) is 9.40. The summed E-state index contributed by atoms with van der Waals surface area (Å²) in [5.74, 6) is -0.346. The van der Waals surface area contributed by atoms with Crippen molar-refractivity contribution < 1.29 is 4.39 Å². The second-order valence-electron chi connectivity index (χ2n) is 3.74. The molecule has 90 valence electrons. The molecule has 18 heavy (non-hydrogen) atoms. The number of hydrogen-bond donors (Lipinski definition) is 1. The predicted molar refractivity (Wildman–Crippen MR) is 72.5 cm³/mol. The Morgan fingerprint density at radius 3 is 2.61 bits per heavy atom. The van der Waals surface area contributed by atoms with Gasteiger partial charge in [0, 0.05) is 10.2 Å². The predicted octanol–water partition coefficient (Wildman–Crippen LogP) is 4.26. The van der Waals surface area contributed by atoms with Gasteiger partial charge in [0.1, 0.15) is 11.9 Å². The summed E-state index contributed by atoms with van der Waals surface area (Å²) in [7, 11) is 0. The van der Waals surface area contributed by atoms with Crippen molar-refractivity contribution in [3.63, 3.8) is 0 Å². The first-order chi connectivity index (χ1) is 8.70. The van der Waals surface area contributed by atoms with E-state index >= 15 is 0 Å². The molecule has 0 aliphatic rings. The maximum Gasteiger partial charge on any atom is 0.140 e. The molecule has 2 aromatic carbocycles. The van der Waals surface area contributed by atoms with Gasteiger partial charge in [-0.1, -0.05) is 24.3 Å². The molecule has 0 saturated carbocycles. The zero-order chi connectivity index (χ0) is 13.0. The Hall–Kier alpha value is -1.86. The van der Waals surface area contributed by atoms with Crippen molar-refractivity contribution in [1.29, 1.82) is 5.26 Å². The molecule has 0 bridgehead atoms. The van der Waals surface area contributed by atoms with Crippen LogP contribution in [-0.2, 0) is 0 Å². The van der Waals surface area contributed by atoms with Crippen LogP contribution in [0.2, 0.25) is 0 Å². The lowest BCUT2D eigenvalue weighted by Crippen LogP contribution is -2.09. The number of hydrogen-bond acceptors (Lipinski definition) is 2. The van der Waals surface area contributed by atoms with Crippen LogP contribution in [0.1, 0.15) is 11.6 Å². The number of benzene rings is 2. The molecule has 0 amide bonds. The Labute approximate surface area is 113 Å². The highest BCUT2D eigenvalue weighted by atomic mass is 79.9. The first-order valence-corrected chi connectivity index (χ1v) is 6.16. The number of nitriles is 1. The van der Waals surface area contributed by atoms with E-state index in [1.54, 1.807) is 12.1 Å². The van der Waals surface area contributed by atoms with E-state index in [0.717, 1.165) is 10.2 Å². The summed E-state index contributed by atoms with van der Waals surface area (Å²) in [4.78, 5) is 0. The maximum atomic E-state index is 13.1. The van der Waals surface area contributed by atoms with Crippen LogP contribution >= 0.6 is 15.9 Å². The van der Waals surface area contributed by atoms with Gasteiger partial charge in [-0.15, -0.1) is 0 Å². The molecule has 1 unspecified atom stereocenters. The molecule has 0 spiro atoms. The van der Waals surface area contributed by atoms with E-state index < -0.39 is 6.04 Å². The van der Waals surface area contributed by atoms with Crippen LogP contribution in [0.4, 0.5) is 10.1 Å². The van der Waals surface area contributed by atoms with Gasteiger partial charge >= 0.3 is 0 Å². The van der Waals surface area contributed by atoms with Crippen molar-refractivity contribution in [1.82, 2.24) is 0 Å². The second kappa shape index (κ2) is 5.65. The molecule has 0 heterocycles. The first kappa shape index (κ1) is 12.6. The number of anilines is 1. The van der Waals surface area contributed by atoms with E-state index in [9.17, 15) is 9.65 Å². The third kappa shape index (κ3) is 2.88. The molecule has 2 aromatic rings. The van der Waals surface area contributed by atoms with Gasteiger partial charge < -0.3 is 5.32 Å². The second-order valence-corrected chi connectivity index (χ2v) is 4.60. The standard InChI is InChI=1S/C14H10BrFN2/c15-12-6-1-2-7-13(12)18-14(9-17)10-4-3-5-11(16)8-10/h1-8,14,18H. The number of halogens is 2. The lowest BCUT2D eigenvalue weighted by Gasteiger charge is -2.14. The summed E-state index contributed by atoms with van der Waals surface area (Å²) < 4.78 is 14.0. The summed E-state index contributed by atoms with van der Waals surface area (Å²) >= 11 is 3.39. The van der Waals surface area contributed by atoms with Crippen LogP contribution in [0, 0.1) is 17.1 Å². The van der Waals surface area contributed by atoms with Gasteiger partial charge in [0.05, 0.1) is 6.07 Å². The van der Waals surface area contributed by atoms with Crippen molar-refractivity contribution in [2.24, 2.45) is 0 Å². The van der Waals surface area contributed by atoms with Gasteiger partial charge in [-0.25, -0.2) is 4.39 Å². The molecular weight excluding hydrogens is 295 g/mol. The van der Waals surface area contributed by atoms with Crippen LogP contribution in [0.25, 0.3) is 0 Å². The Morgan fingerprint density at radius 2 is 1.94 bits per heavy atom. The van der Waals surface area contributed by atoms with Crippen molar-refractivity contribution in [2.75, 3.05) is 5.32 Å². The van der Waals surface area contributed by atoms with Crippen LogP contribution in [0.15, 0.2) is 53.0 Å². The van der Waals surface area contributed by atoms with Crippen molar-refractivity contribution in [3.8, 4) is 6.07 Å². The molecular formula is C14H10BrFN2.